The lowest BCUT2D eigenvalue weighted by molar-refractivity contribution is -0.170. The highest BCUT2D eigenvalue weighted by Gasteiger charge is 2.38. The lowest BCUT2D eigenvalue weighted by Crippen LogP contribution is -2.24. The number of benzene rings is 1. The summed E-state index contributed by atoms with van der Waals surface area (Å²) in [5.41, 5.74) is 0.946. The molecule has 0 saturated heterocycles. The molecule has 0 atom stereocenters. The summed E-state index contributed by atoms with van der Waals surface area (Å²) in [6, 6.07) is 4.55. The van der Waals surface area contributed by atoms with Gasteiger partial charge in [-0.05, 0) is 11.6 Å². The van der Waals surface area contributed by atoms with Gasteiger partial charge in [-0.25, -0.2) is 0 Å². The normalized spacial score (nSPS) is 11.9. The van der Waals surface area contributed by atoms with Crippen LogP contribution in [0.15, 0.2) is 18.2 Å². The number of hydrogen-bond donors (Lipinski definition) is 1. The summed E-state index contributed by atoms with van der Waals surface area (Å²) in [6.07, 6.45) is -5.53. The Hall–Kier alpha value is -1.92. The van der Waals surface area contributed by atoms with Gasteiger partial charge >= 0.3 is 6.18 Å². The minimum atomic E-state index is -4.81. The number of halogens is 3. The van der Waals surface area contributed by atoms with E-state index < -0.39 is 18.4 Å². The predicted octanol–water partition coefficient (Wildman–Crippen LogP) is 1.63. The van der Waals surface area contributed by atoms with E-state index in [-0.39, 0.29) is 5.56 Å². The Kier molecular flexibility index (Phi) is 2.37. The Labute approximate surface area is 87.5 Å². The zero-order valence-corrected chi connectivity index (χ0v) is 7.88. The van der Waals surface area contributed by atoms with Gasteiger partial charge in [0.2, 0.25) is 5.78 Å². The second-order valence-electron chi connectivity index (χ2n) is 3.21. The van der Waals surface area contributed by atoms with Crippen molar-refractivity contribution in [3.63, 3.8) is 0 Å². The number of para-hydroxylation sites is 1. The van der Waals surface area contributed by atoms with Crippen molar-refractivity contribution >= 4 is 16.8 Å². The summed E-state index contributed by atoms with van der Waals surface area (Å²) in [7, 11) is 0. The van der Waals surface area contributed by atoms with Crippen LogP contribution in [0.1, 0.15) is 5.56 Å². The van der Waals surface area contributed by atoms with E-state index in [1.54, 1.807) is 6.07 Å². The standard InChI is InChI=1S/C9H6F3N3O/c10-9(11,12)7(16)4-5-2-1-3-6-8(5)14-15-13-6/h1-3H,4H2,(H,13,14,15). The molecule has 2 rings (SSSR count). The molecule has 1 aromatic carbocycles. The fourth-order valence-electron chi connectivity index (χ4n) is 1.34. The molecule has 2 aromatic rings. The number of nitrogens with zero attached hydrogens (tertiary/aromatic N) is 2. The van der Waals surface area contributed by atoms with Gasteiger partial charge in [0.25, 0.3) is 0 Å². The second-order valence-corrected chi connectivity index (χ2v) is 3.21. The van der Waals surface area contributed by atoms with E-state index in [9.17, 15) is 18.0 Å². The maximum Gasteiger partial charge on any atom is 0.450 e. The summed E-state index contributed by atoms with van der Waals surface area (Å²) >= 11 is 0. The number of nitrogens with one attached hydrogen (secondary N) is 1. The number of rotatable bonds is 2. The van der Waals surface area contributed by atoms with Crippen LogP contribution in [0.2, 0.25) is 0 Å². The minimum absolute atomic E-state index is 0.216. The van der Waals surface area contributed by atoms with E-state index in [0.717, 1.165) is 0 Å². The van der Waals surface area contributed by atoms with Gasteiger partial charge in [-0.15, -0.1) is 0 Å². The first-order chi connectivity index (χ1) is 7.48. The molecule has 7 heteroatoms. The predicted molar refractivity (Wildman–Crippen MR) is 48.7 cm³/mol. The maximum atomic E-state index is 12.1. The number of aromatic amines is 1. The molecular weight excluding hydrogens is 223 g/mol. The molecule has 0 aliphatic carbocycles. The van der Waals surface area contributed by atoms with Crippen LogP contribution in [0.25, 0.3) is 11.0 Å². The van der Waals surface area contributed by atoms with Crippen molar-refractivity contribution in [1.29, 1.82) is 0 Å². The number of fused-ring (bicyclic) bond motifs is 1. The molecule has 0 fully saturated rings. The Bertz CT molecular complexity index is 532. The summed E-state index contributed by atoms with van der Waals surface area (Å²) in [5.74, 6) is -1.79. The summed E-state index contributed by atoms with van der Waals surface area (Å²) in [4.78, 5) is 10.8. The van der Waals surface area contributed by atoms with Gasteiger partial charge in [0, 0.05) is 6.42 Å². The largest absolute Gasteiger partial charge is 0.450 e. The molecule has 0 aliphatic rings. The topological polar surface area (TPSA) is 58.6 Å². The van der Waals surface area contributed by atoms with Crippen molar-refractivity contribution in [2.24, 2.45) is 0 Å². The van der Waals surface area contributed by atoms with Gasteiger partial charge in [-0.1, -0.05) is 12.1 Å². The van der Waals surface area contributed by atoms with Crippen LogP contribution in [0.4, 0.5) is 13.2 Å². The fraction of sp³-hybridized carbons (Fsp3) is 0.222. The Balaban J connectivity index is 2.35. The van der Waals surface area contributed by atoms with Crippen molar-refractivity contribution in [3.05, 3.63) is 23.8 Å². The molecule has 1 aromatic heterocycles. The first kappa shape index (κ1) is 10.6. The summed E-state index contributed by atoms with van der Waals surface area (Å²) < 4.78 is 36.2. The van der Waals surface area contributed by atoms with E-state index in [0.29, 0.717) is 11.0 Å². The number of ketones is 1. The van der Waals surface area contributed by atoms with Crippen LogP contribution < -0.4 is 0 Å². The number of hydrogen-bond acceptors (Lipinski definition) is 3. The monoisotopic (exact) mass is 229 g/mol. The Morgan fingerprint density at radius 2 is 2.06 bits per heavy atom. The zero-order chi connectivity index (χ0) is 11.8. The molecule has 0 amide bonds. The van der Waals surface area contributed by atoms with Crippen LogP contribution in [-0.2, 0) is 11.2 Å². The average molecular weight is 229 g/mol. The van der Waals surface area contributed by atoms with Crippen molar-refractivity contribution < 1.29 is 18.0 Å². The molecule has 0 unspecified atom stereocenters. The number of Topliss-reactive ketones (excluding diaryl/α,β-unsaturated/α-hetero) is 1. The number of alkyl halides is 3. The highest BCUT2D eigenvalue weighted by molar-refractivity contribution is 5.90. The molecule has 1 heterocycles. The third-order valence-electron chi connectivity index (χ3n) is 2.10. The van der Waals surface area contributed by atoms with Crippen molar-refractivity contribution in [3.8, 4) is 0 Å². The number of H-pyrrole nitrogens is 1. The van der Waals surface area contributed by atoms with Crippen LogP contribution in [0, 0.1) is 0 Å². The van der Waals surface area contributed by atoms with Gasteiger partial charge in [0.05, 0.1) is 0 Å². The minimum Gasteiger partial charge on any atom is -0.289 e. The molecule has 84 valence electrons. The van der Waals surface area contributed by atoms with E-state index in [1.165, 1.54) is 12.1 Å². The first-order valence-corrected chi connectivity index (χ1v) is 4.37. The number of aromatic nitrogens is 3. The number of carbonyl (C=O) groups excluding carboxylic acids is 1. The highest BCUT2D eigenvalue weighted by Crippen LogP contribution is 2.21. The number of carbonyl (C=O) groups is 1. The van der Waals surface area contributed by atoms with Crippen LogP contribution >= 0.6 is 0 Å². The lowest BCUT2D eigenvalue weighted by Gasteiger charge is -2.04. The summed E-state index contributed by atoms with van der Waals surface area (Å²) in [5, 5.41) is 9.72. The molecule has 0 bridgehead atoms. The second kappa shape index (κ2) is 3.58. The molecule has 1 N–H and O–H groups in total. The highest BCUT2D eigenvalue weighted by atomic mass is 19.4. The smallest absolute Gasteiger partial charge is 0.289 e. The van der Waals surface area contributed by atoms with Gasteiger partial charge in [-0.3, -0.25) is 4.79 Å². The Morgan fingerprint density at radius 1 is 1.31 bits per heavy atom. The van der Waals surface area contributed by atoms with Crippen LogP contribution in [0.5, 0.6) is 0 Å². The van der Waals surface area contributed by atoms with Crippen molar-refractivity contribution in [2.75, 3.05) is 0 Å². The average Bonchev–Trinajstić information content (AvgIpc) is 2.65. The van der Waals surface area contributed by atoms with Gasteiger partial charge in [0.1, 0.15) is 11.0 Å². The summed E-state index contributed by atoms with van der Waals surface area (Å²) in [6.45, 7) is 0. The van der Waals surface area contributed by atoms with Gasteiger partial charge < -0.3 is 0 Å². The van der Waals surface area contributed by atoms with E-state index in [1.807, 2.05) is 0 Å². The maximum absolute atomic E-state index is 12.1. The van der Waals surface area contributed by atoms with Crippen LogP contribution in [-0.4, -0.2) is 27.4 Å². The van der Waals surface area contributed by atoms with E-state index in [2.05, 4.69) is 15.4 Å². The third kappa shape index (κ3) is 1.88. The molecule has 0 radical (unpaired) electrons. The molecule has 4 nitrogen and oxygen atoms in total. The first-order valence-electron chi connectivity index (χ1n) is 4.37. The molecule has 0 spiro atoms. The quantitative estimate of drug-likeness (QED) is 0.851. The van der Waals surface area contributed by atoms with Gasteiger partial charge in [-0.2, -0.15) is 28.6 Å². The molecule has 0 saturated carbocycles. The Morgan fingerprint density at radius 3 is 2.75 bits per heavy atom. The lowest BCUT2D eigenvalue weighted by atomic mass is 10.1. The SMILES string of the molecule is O=C(Cc1cccc2n[nH]nc12)C(F)(F)F. The van der Waals surface area contributed by atoms with E-state index in [4.69, 9.17) is 0 Å². The molecule has 16 heavy (non-hydrogen) atoms. The molecular formula is C9H6F3N3O. The third-order valence-corrected chi connectivity index (χ3v) is 2.10. The van der Waals surface area contributed by atoms with Crippen molar-refractivity contribution in [2.45, 2.75) is 12.6 Å². The van der Waals surface area contributed by atoms with Crippen LogP contribution in [0.3, 0.4) is 0 Å². The van der Waals surface area contributed by atoms with Gasteiger partial charge in [0.15, 0.2) is 0 Å². The fourth-order valence-corrected chi connectivity index (χ4v) is 1.34. The zero-order valence-electron chi connectivity index (χ0n) is 7.88. The molecule has 0 aliphatic heterocycles. The van der Waals surface area contributed by atoms with E-state index >= 15 is 0 Å². The van der Waals surface area contributed by atoms with Crippen molar-refractivity contribution in [1.82, 2.24) is 15.4 Å².